The van der Waals surface area contributed by atoms with Gasteiger partial charge in [0.25, 0.3) is 0 Å². The molecule has 0 aliphatic rings. The normalized spacial score (nSPS) is 10.8. The number of benzene rings is 2. The van der Waals surface area contributed by atoms with E-state index < -0.39 is 0 Å². The van der Waals surface area contributed by atoms with Crippen molar-refractivity contribution in [3.63, 3.8) is 0 Å². The van der Waals surface area contributed by atoms with Gasteiger partial charge in [-0.05, 0) is 36.8 Å². The van der Waals surface area contributed by atoms with Gasteiger partial charge in [-0.2, -0.15) is 0 Å². The fourth-order valence-corrected chi connectivity index (χ4v) is 2.59. The third-order valence-corrected chi connectivity index (χ3v) is 3.62. The predicted molar refractivity (Wildman–Crippen MR) is 86.8 cm³/mol. The zero-order chi connectivity index (χ0) is 14.7. The van der Waals surface area contributed by atoms with Crippen LogP contribution in [0.5, 0.6) is 0 Å². The second-order valence-corrected chi connectivity index (χ2v) is 4.89. The smallest absolute Gasteiger partial charge is 0.134 e. The zero-order valence-electron chi connectivity index (χ0n) is 12.0. The van der Waals surface area contributed by atoms with Crippen LogP contribution in [0.25, 0.3) is 10.9 Å². The van der Waals surface area contributed by atoms with E-state index in [9.17, 15) is 5.11 Å². The van der Waals surface area contributed by atoms with Crippen molar-refractivity contribution in [2.45, 2.75) is 13.5 Å². The van der Waals surface area contributed by atoms with Gasteiger partial charge in [-0.3, -0.25) is 0 Å². The van der Waals surface area contributed by atoms with Gasteiger partial charge in [0.2, 0.25) is 0 Å². The number of aromatic nitrogens is 1. The van der Waals surface area contributed by atoms with Gasteiger partial charge < -0.3 is 10.0 Å². The molecule has 3 heteroatoms. The van der Waals surface area contributed by atoms with Crippen LogP contribution in [0, 0.1) is 0 Å². The molecule has 1 N–H and O–H groups in total. The minimum atomic E-state index is 0.0162. The van der Waals surface area contributed by atoms with Crippen molar-refractivity contribution >= 4 is 22.4 Å². The van der Waals surface area contributed by atoms with E-state index in [2.05, 4.69) is 24.0 Å². The molecule has 0 atom stereocenters. The van der Waals surface area contributed by atoms with Gasteiger partial charge >= 0.3 is 0 Å². The van der Waals surface area contributed by atoms with Gasteiger partial charge in [0.05, 0.1) is 12.1 Å². The van der Waals surface area contributed by atoms with Gasteiger partial charge in [0, 0.05) is 17.6 Å². The first-order chi connectivity index (χ1) is 10.3. The van der Waals surface area contributed by atoms with Crippen LogP contribution in [0.3, 0.4) is 0 Å². The Morgan fingerprint density at radius 1 is 1.00 bits per heavy atom. The van der Waals surface area contributed by atoms with E-state index in [0.717, 1.165) is 34.5 Å². The Hall–Kier alpha value is -2.39. The number of rotatable bonds is 4. The second-order valence-electron chi connectivity index (χ2n) is 4.89. The highest BCUT2D eigenvalue weighted by atomic mass is 16.3. The van der Waals surface area contributed by atoms with Crippen molar-refractivity contribution in [3.8, 4) is 0 Å². The van der Waals surface area contributed by atoms with E-state index in [1.807, 2.05) is 48.5 Å². The second kappa shape index (κ2) is 5.94. The monoisotopic (exact) mass is 278 g/mol. The van der Waals surface area contributed by atoms with E-state index in [1.54, 1.807) is 0 Å². The van der Waals surface area contributed by atoms with Crippen molar-refractivity contribution < 1.29 is 5.11 Å². The maximum atomic E-state index is 9.64. The summed E-state index contributed by atoms with van der Waals surface area (Å²) in [5, 5.41) is 10.6. The standard InChI is InChI=1S/C18H18N2O/c1-2-20(15-8-4-3-5-9-15)18-12-14(13-21)16-10-6-7-11-17(16)19-18/h3-12,21H,2,13H2,1H3. The molecule has 0 unspecified atom stereocenters. The SMILES string of the molecule is CCN(c1ccccc1)c1cc(CO)c2ccccc2n1. The molecule has 1 aromatic heterocycles. The summed E-state index contributed by atoms with van der Waals surface area (Å²) in [5.74, 6) is 0.867. The summed E-state index contributed by atoms with van der Waals surface area (Å²) in [6, 6.07) is 20.1. The van der Waals surface area contributed by atoms with E-state index >= 15 is 0 Å². The number of hydrogen-bond acceptors (Lipinski definition) is 3. The average molecular weight is 278 g/mol. The molecular weight excluding hydrogens is 260 g/mol. The summed E-state index contributed by atoms with van der Waals surface area (Å²) in [5.41, 5.74) is 2.92. The molecular formula is C18H18N2O. The third-order valence-electron chi connectivity index (χ3n) is 3.62. The topological polar surface area (TPSA) is 36.4 Å². The quantitative estimate of drug-likeness (QED) is 0.786. The molecule has 0 spiro atoms. The lowest BCUT2D eigenvalue weighted by Crippen LogP contribution is -2.17. The Morgan fingerprint density at radius 3 is 2.43 bits per heavy atom. The molecule has 3 nitrogen and oxygen atoms in total. The molecule has 3 rings (SSSR count). The van der Waals surface area contributed by atoms with Crippen LogP contribution in [0.4, 0.5) is 11.5 Å². The van der Waals surface area contributed by atoms with E-state index in [0.29, 0.717) is 0 Å². The fourth-order valence-electron chi connectivity index (χ4n) is 2.59. The number of anilines is 2. The third kappa shape index (κ3) is 2.60. The van der Waals surface area contributed by atoms with Crippen LogP contribution in [0.1, 0.15) is 12.5 Å². The highest BCUT2D eigenvalue weighted by Crippen LogP contribution is 2.27. The number of nitrogens with zero attached hydrogens (tertiary/aromatic N) is 2. The van der Waals surface area contributed by atoms with Crippen molar-refractivity contribution in [2.75, 3.05) is 11.4 Å². The average Bonchev–Trinajstić information content (AvgIpc) is 2.56. The molecule has 0 aliphatic heterocycles. The molecule has 2 aromatic carbocycles. The van der Waals surface area contributed by atoms with Crippen LogP contribution >= 0.6 is 0 Å². The zero-order valence-corrected chi connectivity index (χ0v) is 12.0. The van der Waals surface area contributed by atoms with Crippen molar-refractivity contribution in [3.05, 3.63) is 66.2 Å². The Labute approximate surface area is 124 Å². The van der Waals surface area contributed by atoms with Gasteiger partial charge in [0.1, 0.15) is 5.82 Å². The molecule has 0 aliphatic carbocycles. The first kappa shape index (κ1) is 13.6. The molecule has 106 valence electrons. The Kier molecular flexibility index (Phi) is 3.84. The summed E-state index contributed by atoms with van der Waals surface area (Å²) in [4.78, 5) is 6.89. The largest absolute Gasteiger partial charge is 0.392 e. The Bertz CT molecular complexity index is 741. The van der Waals surface area contributed by atoms with Crippen LogP contribution in [-0.4, -0.2) is 16.6 Å². The maximum Gasteiger partial charge on any atom is 0.134 e. The lowest BCUT2D eigenvalue weighted by atomic mass is 10.1. The van der Waals surface area contributed by atoms with Gasteiger partial charge in [-0.25, -0.2) is 4.98 Å². The van der Waals surface area contributed by atoms with E-state index in [4.69, 9.17) is 4.98 Å². The molecule has 0 bridgehead atoms. The predicted octanol–water partition coefficient (Wildman–Crippen LogP) is 3.89. The molecule has 0 radical (unpaired) electrons. The molecule has 0 saturated carbocycles. The molecule has 3 aromatic rings. The summed E-state index contributed by atoms with van der Waals surface area (Å²) in [7, 11) is 0. The molecule has 21 heavy (non-hydrogen) atoms. The number of aliphatic hydroxyl groups excluding tert-OH is 1. The number of hydrogen-bond donors (Lipinski definition) is 1. The first-order valence-electron chi connectivity index (χ1n) is 7.15. The molecule has 0 saturated heterocycles. The van der Waals surface area contributed by atoms with Crippen LogP contribution in [0.15, 0.2) is 60.7 Å². The minimum absolute atomic E-state index is 0.0162. The summed E-state index contributed by atoms with van der Waals surface area (Å²) in [6.07, 6.45) is 0. The Balaban J connectivity index is 2.15. The van der Waals surface area contributed by atoms with Crippen LogP contribution < -0.4 is 4.90 Å². The first-order valence-corrected chi connectivity index (χ1v) is 7.15. The van der Waals surface area contributed by atoms with Gasteiger partial charge in [-0.1, -0.05) is 36.4 Å². The van der Waals surface area contributed by atoms with Gasteiger partial charge in [0.15, 0.2) is 0 Å². The highest BCUT2D eigenvalue weighted by Gasteiger charge is 2.11. The lowest BCUT2D eigenvalue weighted by Gasteiger charge is -2.23. The number of para-hydroxylation sites is 2. The van der Waals surface area contributed by atoms with Crippen LogP contribution in [0.2, 0.25) is 0 Å². The lowest BCUT2D eigenvalue weighted by molar-refractivity contribution is 0.283. The summed E-state index contributed by atoms with van der Waals surface area (Å²) < 4.78 is 0. The fraction of sp³-hybridized carbons (Fsp3) is 0.167. The van der Waals surface area contributed by atoms with Crippen molar-refractivity contribution in [1.82, 2.24) is 4.98 Å². The molecule has 0 amide bonds. The number of fused-ring (bicyclic) bond motifs is 1. The van der Waals surface area contributed by atoms with Crippen LogP contribution in [-0.2, 0) is 6.61 Å². The van der Waals surface area contributed by atoms with Crippen molar-refractivity contribution in [2.24, 2.45) is 0 Å². The molecule has 1 heterocycles. The minimum Gasteiger partial charge on any atom is -0.392 e. The van der Waals surface area contributed by atoms with E-state index in [-0.39, 0.29) is 6.61 Å². The van der Waals surface area contributed by atoms with E-state index in [1.165, 1.54) is 0 Å². The number of pyridine rings is 1. The Morgan fingerprint density at radius 2 is 1.71 bits per heavy atom. The number of aliphatic hydroxyl groups is 1. The molecule has 0 fully saturated rings. The highest BCUT2D eigenvalue weighted by molar-refractivity contribution is 5.84. The van der Waals surface area contributed by atoms with Crippen molar-refractivity contribution in [1.29, 1.82) is 0 Å². The maximum absolute atomic E-state index is 9.64. The van der Waals surface area contributed by atoms with Gasteiger partial charge in [-0.15, -0.1) is 0 Å². The summed E-state index contributed by atoms with van der Waals surface area (Å²) in [6.45, 7) is 2.94. The summed E-state index contributed by atoms with van der Waals surface area (Å²) >= 11 is 0.